The minimum absolute atomic E-state index is 0.0966. The molecule has 1 aliphatic heterocycles. The number of methoxy groups -OCH3 is 1. The van der Waals surface area contributed by atoms with Gasteiger partial charge in [-0.15, -0.1) is 0 Å². The third-order valence-corrected chi connectivity index (χ3v) is 6.66. The Kier molecular flexibility index (Phi) is 6.65. The van der Waals surface area contributed by atoms with Gasteiger partial charge in [-0.25, -0.2) is 9.79 Å². The van der Waals surface area contributed by atoms with Crippen molar-refractivity contribution in [3.63, 3.8) is 0 Å². The lowest BCUT2D eigenvalue weighted by molar-refractivity contribution is -0.385. The first-order chi connectivity index (χ1) is 16.7. The number of nitrogens with zero attached hydrogens (tertiary/aromatic N) is 3. The van der Waals surface area contributed by atoms with E-state index in [9.17, 15) is 19.7 Å². The average molecular weight is 494 g/mol. The van der Waals surface area contributed by atoms with E-state index in [1.807, 2.05) is 12.1 Å². The van der Waals surface area contributed by atoms with Crippen LogP contribution in [0.4, 0.5) is 5.69 Å². The zero-order valence-electron chi connectivity index (χ0n) is 19.6. The van der Waals surface area contributed by atoms with Crippen LogP contribution in [0.3, 0.4) is 0 Å². The number of benzene rings is 2. The second kappa shape index (κ2) is 9.67. The molecule has 0 N–H and O–H groups in total. The van der Waals surface area contributed by atoms with E-state index in [1.54, 1.807) is 58.2 Å². The number of nitro groups is 1. The van der Waals surface area contributed by atoms with Crippen LogP contribution in [0.1, 0.15) is 36.6 Å². The minimum Gasteiger partial charge on any atom is -0.497 e. The number of aromatic nitrogens is 1. The third kappa shape index (κ3) is 4.52. The van der Waals surface area contributed by atoms with Crippen LogP contribution in [-0.4, -0.2) is 29.2 Å². The monoisotopic (exact) mass is 493 g/mol. The first-order valence-electron chi connectivity index (χ1n) is 10.8. The second-order valence-corrected chi connectivity index (χ2v) is 8.89. The summed E-state index contributed by atoms with van der Waals surface area (Å²) in [5.41, 5.74) is 1.82. The molecule has 2 aromatic carbocycles. The Morgan fingerprint density at radius 2 is 1.94 bits per heavy atom. The summed E-state index contributed by atoms with van der Waals surface area (Å²) in [6.45, 7) is 5.12. The standard InChI is InChI=1S/C25H23N3O6S/c1-5-34-24(30)21-15(3)26-25-27(22(21)17-9-6-14(2)19(13-17)28(31)32)23(29)20(35-25)12-16-7-10-18(33-4)11-8-16/h6-13,22H,5H2,1-4H3/b20-12+/t22-/m1/s1. The lowest BCUT2D eigenvalue weighted by atomic mass is 9.94. The van der Waals surface area contributed by atoms with Crippen LogP contribution in [0.5, 0.6) is 5.75 Å². The largest absolute Gasteiger partial charge is 0.497 e. The maximum atomic E-state index is 13.6. The van der Waals surface area contributed by atoms with Crippen LogP contribution in [-0.2, 0) is 9.53 Å². The summed E-state index contributed by atoms with van der Waals surface area (Å²) in [5, 5.41) is 11.6. The Morgan fingerprint density at radius 1 is 1.23 bits per heavy atom. The number of allylic oxidation sites excluding steroid dienone is 1. The van der Waals surface area contributed by atoms with Gasteiger partial charge in [0.05, 0.1) is 40.5 Å². The summed E-state index contributed by atoms with van der Waals surface area (Å²) in [6.07, 6.45) is 1.74. The first-order valence-corrected chi connectivity index (χ1v) is 11.7. The van der Waals surface area contributed by atoms with Crippen molar-refractivity contribution >= 4 is 29.1 Å². The zero-order chi connectivity index (χ0) is 25.3. The molecule has 0 aliphatic carbocycles. The van der Waals surface area contributed by atoms with Gasteiger partial charge in [0.25, 0.3) is 11.2 Å². The molecule has 1 aromatic heterocycles. The van der Waals surface area contributed by atoms with Crippen molar-refractivity contribution in [2.45, 2.75) is 26.8 Å². The van der Waals surface area contributed by atoms with Gasteiger partial charge in [0.2, 0.25) is 0 Å². The van der Waals surface area contributed by atoms with Gasteiger partial charge in [-0.1, -0.05) is 35.6 Å². The van der Waals surface area contributed by atoms with Crippen LogP contribution in [0, 0.1) is 17.0 Å². The number of aryl methyl sites for hydroxylation is 1. The van der Waals surface area contributed by atoms with E-state index in [0.29, 0.717) is 31.9 Å². The van der Waals surface area contributed by atoms with Crippen molar-refractivity contribution < 1.29 is 19.2 Å². The van der Waals surface area contributed by atoms with Crippen molar-refractivity contribution in [1.82, 2.24) is 4.57 Å². The summed E-state index contributed by atoms with van der Waals surface area (Å²) >= 11 is 1.19. The number of rotatable bonds is 6. The maximum absolute atomic E-state index is 13.6. The van der Waals surface area contributed by atoms with Gasteiger partial charge in [0.1, 0.15) is 5.75 Å². The molecule has 35 heavy (non-hydrogen) atoms. The second-order valence-electron chi connectivity index (χ2n) is 7.88. The summed E-state index contributed by atoms with van der Waals surface area (Å²) in [4.78, 5) is 42.6. The molecule has 0 bridgehead atoms. The minimum atomic E-state index is -0.914. The third-order valence-electron chi connectivity index (χ3n) is 5.68. The van der Waals surface area contributed by atoms with Gasteiger partial charge in [0.15, 0.2) is 4.80 Å². The number of ether oxygens (including phenoxy) is 2. The molecule has 0 fully saturated rings. The molecule has 0 saturated carbocycles. The molecule has 9 nitrogen and oxygen atoms in total. The van der Waals surface area contributed by atoms with E-state index in [0.717, 1.165) is 5.56 Å². The fraction of sp³-hybridized carbons (Fsp3) is 0.240. The highest BCUT2D eigenvalue weighted by Gasteiger charge is 2.34. The quantitative estimate of drug-likeness (QED) is 0.296. The highest BCUT2D eigenvalue weighted by molar-refractivity contribution is 7.07. The number of carbonyl (C=O) groups is 1. The van der Waals surface area contributed by atoms with Gasteiger partial charge >= 0.3 is 5.97 Å². The average Bonchev–Trinajstić information content (AvgIpc) is 3.13. The molecular weight excluding hydrogens is 470 g/mol. The van der Waals surface area contributed by atoms with Gasteiger partial charge in [-0.3, -0.25) is 19.5 Å². The molecule has 0 radical (unpaired) electrons. The van der Waals surface area contributed by atoms with Gasteiger partial charge in [-0.2, -0.15) is 0 Å². The summed E-state index contributed by atoms with van der Waals surface area (Å²) < 4.78 is 12.3. The Balaban J connectivity index is 1.96. The Morgan fingerprint density at radius 3 is 2.57 bits per heavy atom. The van der Waals surface area contributed by atoms with Gasteiger partial charge < -0.3 is 9.47 Å². The molecule has 1 atom stereocenters. The van der Waals surface area contributed by atoms with E-state index in [-0.39, 0.29) is 23.4 Å². The number of thiazole rings is 1. The van der Waals surface area contributed by atoms with Crippen LogP contribution < -0.4 is 19.6 Å². The molecule has 2 heterocycles. The zero-order valence-corrected chi connectivity index (χ0v) is 20.4. The number of esters is 1. The molecule has 3 aromatic rings. The highest BCUT2D eigenvalue weighted by atomic mass is 32.1. The number of nitro benzene ring substituents is 1. The van der Waals surface area contributed by atoms with Crippen LogP contribution in [0.2, 0.25) is 0 Å². The Hall–Kier alpha value is -4.05. The predicted molar refractivity (Wildman–Crippen MR) is 131 cm³/mol. The van der Waals surface area contributed by atoms with Crippen molar-refractivity contribution in [2.75, 3.05) is 13.7 Å². The van der Waals surface area contributed by atoms with E-state index < -0.39 is 16.9 Å². The van der Waals surface area contributed by atoms with E-state index in [1.165, 1.54) is 22.0 Å². The lowest BCUT2D eigenvalue weighted by Crippen LogP contribution is -2.40. The molecule has 1 aliphatic rings. The molecule has 4 rings (SSSR count). The Bertz CT molecular complexity index is 1530. The molecule has 0 amide bonds. The van der Waals surface area contributed by atoms with E-state index >= 15 is 0 Å². The fourth-order valence-corrected chi connectivity index (χ4v) is 5.00. The van der Waals surface area contributed by atoms with Gasteiger partial charge in [-0.05, 0) is 50.1 Å². The maximum Gasteiger partial charge on any atom is 0.338 e. The van der Waals surface area contributed by atoms with Crippen LogP contribution in [0.15, 0.2) is 63.5 Å². The van der Waals surface area contributed by atoms with Crippen LogP contribution in [0.25, 0.3) is 6.08 Å². The van der Waals surface area contributed by atoms with Crippen molar-refractivity contribution in [3.8, 4) is 5.75 Å². The van der Waals surface area contributed by atoms with Crippen molar-refractivity contribution in [1.29, 1.82) is 0 Å². The summed E-state index contributed by atoms with van der Waals surface area (Å²) in [5.74, 6) is 0.0747. The van der Waals surface area contributed by atoms with Gasteiger partial charge in [0, 0.05) is 11.6 Å². The molecular formula is C25H23N3O6S. The summed E-state index contributed by atoms with van der Waals surface area (Å²) in [6, 6.07) is 11.0. The fourth-order valence-electron chi connectivity index (χ4n) is 3.95. The molecule has 0 spiro atoms. The lowest BCUT2D eigenvalue weighted by Gasteiger charge is -2.24. The van der Waals surface area contributed by atoms with Crippen molar-refractivity contribution in [2.24, 2.45) is 4.99 Å². The smallest absolute Gasteiger partial charge is 0.338 e. The van der Waals surface area contributed by atoms with Crippen LogP contribution >= 0.6 is 11.3 Å². The number of hydrogen-bond donors (Lipinski definition) is 0. The first kappa shape index (κ1) is 24.1. The molecule has 0 saturated heterocycles. The Labute approximate surface area is 204 Å². The molecule has 0 unspecified atom stereocenters. The van der Waals surface area contributed by atoms with E-state index in [4.69, 9.17) is 9.47 Å². The van der Waals surface area contributed by atoms with Crippen molar-refractivity contribution in [3.05, 3.63) is 100 Å². The summed E-state index contributed by atoms with van der Waals surface area (Å²) in [7, 11) is 1.58. The predicted octanol–water partition coefficient (Wildman–Crippen LogP) is 3.02. The topological polar surface area (TPSA) is 113 Å². The SMILES string of the molecule is CCOC(=O)C1=C(C)N=c2s/c(=C/c3ccc(OC)cc3)c(=O)n2[C@@H]1c1ccc(C)c([N+](=O)[O-])c1. The number of carbonyl (C=O) groups excluding carboxylic acids is 1. The number of hydrogen-bond acceptors (Lipinski definition) is 8. The normalized spacial score (nSPS) is 15.4. The molecule has 10 heteroatoms. The van der Waals surface area contributed by atoms with E-state index in [2.05, 4.69) is 4.99 Å². The molecule has 180 valence electrons. The highest BCUT2D eigenvalue weighted by Crippen LogP contribution is 2.33. The number of fused-ring (bicyclic) bond motifs is 1.